The average molecular weight is 450 g/mol. The summed E-state index contributed by atoms with van der Waals surface area (Å²) in [5.41, 5.74) is 7.95. The largest absolute Gasteiger partial charge is 0.490 e. The van der Waals surface area contributed by atoms with Gasteiger partial charge in [-0.1, -0.05) is 23.7 Å². The van der Waals surface area contributed by atoms with Crippen LogP contribution in [0.1, 0.15) is 35.8 Å². The van der Waals surface area contributed by atoms with Gasteiger partial charge in [0.05, 0.1) is 11.6 Å². The Hall–Kier alpha value is -1.31. The molecule has 156 valence electrons. The molecule has 1 aliphatic carbocycles. The molecule has 1 aliphatic rings. The van der Waals surface area contributed by atoms with Crippen LogP contribution in [0.4, 0.5) is 5.82 Å². The molecular formula is C19H27Cl3N4O2. The number of nitrogens with one attached hydrogen (secondary N) is 1. The summed E-state index contributed by atoms with van der Waals surface area (Å²) in [6, 6.07) is 8.00. The van der Waals surface area contributed by atoms with E-state index in [4.69, 9.17) is 26.8 Å². The Bertz CT molecular complexity index is 738. The number of ether oxygens (including phenoxy) is 2. The van der Waals surface area contributed by atoms with Gasteiger partial charge >= 0.3 is 0 Å². The Morgan fingerprint density at radius 2 is 2.00 bits per heavy atom. The molecule has 0 atom stereocenters. The Morgan fingerprint density at radius 1 is 1.25 bits per heavy atom. The minimum absolute atomic E-state index is 0. The molecular weight excluding hydrogens is 423 g/mol. The summed E-state index contributed by atoms with van der Waals surface area (Å²) in [7, 11) is 1.64. The quantitative estimate of drug-likeness (QED) is 0.590. The number of hydrogen-bond acceptors (Lipinski definition) is 6. The fourth-order valence-corrected chi connectivity index (χ4v) is 3.32. The van der Waals surface area contributed by atoms with Crippen LogP contribution in [0.25, 0.3) is 0 Å². The van der Waals surface area contributed by atoms with E-state index in [9.17, 15) is 0 Å². The van der Waals surface area contributed by atoms with Crippen LogP contribution in [-0.4, -0.2) is 36.3 Å². The lowest BCUT2D eigenvalue weighted by molar-refractivity contribution is 0.177. The molecule has 6 nitrogen and oxygen atoms in total. The number of benzene rings is 1. The summed E-state index contributed by atoms with van der Waals surface area (Å²) < 4.78 is 11.0. The van der Waals surface area contributed by atoms with Crippen molar-refractivity contribution in [3.63, 3.8) is 0 Å². The van der Waals surface area contributed by atoms with Gasteiger partial charge in [0.2, 0.25) is 0 Å². The second kappa shape index (κ2) is 11.6. The minimum Gasteiger partial charge on any atom is -0.490 e. The normalized spacial score (nSPS) is 17.7. The second-order valence-electron chi connectivity index (χ2n) is 6.62. The highest BCUT2D eigenvalue weighted by molar-refractivity contribution is 6.32. The summed E-state index contributed by atoms with van der Waals surface area (Å²) in [6.07, 6.45) is 1.94. The van der Waals surface area contributed by atoms with Crippen molar-refractivity contribution in [1.82, 2.24) is 9.97 Å². The zero-order valence-electron chi connectivity index (χ0n) is 16.0. The molecule has 0 spiro atoms. The number of rotatable bonds is 8. The smallest absolute Gasteiger partial charge is 0.156 e. The maximum absolute atomic E-state index is 6.18. The molecule has 0 radical (unpaired) electrons. The second-order valence-corrected chi connectivity index (χ2v) is 7.02. The Balaban J connectivity index is 0.00000196. The maximum Gasteiger partial charge on any atom is 0.156 e. The highest BCUT2D eigenvalue weighted by Crippen LogP contribution is 2.35. The van der Waals surface area contributed by atoms with Crippen LogP contribution in [-0.2, 0) is 11.3 Å². The summed E-state index contributed by atoms with van der Waals surface area (Å²) >= 11 is 6.18. The van der Waals surface area contributed by atoms with E-state index in [2.05, 4.69) is 15.3 Å². The molecule has 28 heavy (non-hydrogen) atoms. The number of methoxy groups -OCH3 is 1. The van der Waals surface area contributed by atoms with Gasteiger partial charge in [0, 0.05) is 30.8 Å². The van der Waals surface area contributed by atoms with Crippen molar-refractivity contribution in [1.29, 1.82) is 0 Å². The highest BCUT2D eigenvalue weighted by atomic mass is 35.5. The van der Waals surface area contributed by atoms with Crippen molar-refractivity contribution < 1.29 is 9.47 Å². The molecule has 1 fully saturated rings. The van der Waals surface area contributed by atoms with E-state index >= 15 is 0 Å². The number of aromatic nitrogens is 2. The van der Waals surface area contributed by atoms with E-state index in [-0.39, 0.29) is 30.9 Å². The molecule has 0 amide bonds. The number of anilines is 1. The maximum atomic E-state index is 6.18. The van der Waals surface area contributed by atoms with Gasteiger partial charge in [-0.15, -0.1) is 24.8 Å². The molecule has 1 saturated carbocycles. The SMILES string of the molecule is COCc1nc(NCCOc2c(C)cccc2Cl)cc(C2CC(N)C2)n1.Cl.Cl. The third-order valence-corrected chi connectivity index (χ3v) is 4.77. The molecule has 0 unspecified atom stereocenters. The van der Waals surface area contributed by atoms with Gasteiger partial charge < -0.3 is 20.5 Å². The first-order chi connectivity index (χ1) is 12.6. The first kappa shape index (κ1) is 24.7. The molecule has 1 aromatic heterocycles. The van der Waals surface area contributed by atoms with Crippen LogP contribution in [0.15, 0.2) is 24.3 Å². The van der Waals surface area contributed by atoms with E-state index in [1.54, 1.807) is 7.11 Å². The number of nitrogens with two attached hydrogens (primary N) is 1. The molecule has 1 aromatic carbocycles. The van der Waals surface area contributed by atoms with Crippen molar-refractivity contribution >= 4 is 42.2 Å². The molecule has 0 saturated heterocycles. The van der Waals surface area contributed by atoms with Crippen molar-refractivity contribution in [3.05, 3.63) is 46.4 Å². The first-order valence-corrected chi connectivity index (χ1v) is 9.18. The van der Waals surface area contributed by atoms with Crippen LogP contribution < -0.4 is 15.8 Å². The summed E-state index contributed by atoms with van der Waals surface area (Å²) in [5.74, 6) is 2.59. The first-order valence-electron chi connectivity index (χ1n) is 8.81. The van der Waals surface area contributed by atoms with Crippen LogP contribution in [0, 0.1) is 6.92 Å². The van der Waals surface area contributed by atoms with E-state index in [1.807, 2.05) is 31.2 Å². The van der Waals surface area contributed by atoms with Crippen molar-refractivity contribution in [2.24, 2.45) is 5.73 Å². The third kappa shape index (κ3) is 6.36. The fraction of sp³-hybridized carbons (Fsp3) is 0.474. The molecule has 3 rings (SSSR count). The van der Waals surface area contributed by atoms with Crippen molar-refractivity contribution in [2.45, 2.75) is 38.3 Å². The van der Waals surface area contributed by atoms with Gasteiger partial charge in [-0.05, 0) is 31.4 Å². The van der Waals surface area contributed by atoms with E-state index in [0.717, 1.165) is 35.7 Å². The van der Waals surface area contributed by atoms with E-state index < -0.39 is 0 Å². The minimum atomic E-state index is 0. The number of halogens is 3. The zero-order chi connectivity index (χ0) is 18.5. The summed E-state index contributed by atoms with van der Waals surface area (Å²) in [4.78, 5) is 9.10. The standard InChI is InChI=1S/C19H25ClN4O2.2ClH/c1-12-4-3-5-15(20)19(12)26-7-6-22-17-10-16(13-8-14(21)9-13)23-18(24-17)11-25-2;;/h3-5,10,13-14H,6-9,11,21H2,1-2H3,(H,22,23,24);2*1H. The van der Waals surface area contributed by atoms with E-state index in [1.165, 1.54) is 0 Å². The fourth-order valence-electron chi connectivity index (χ4n) is 3.05. The Morgan fingerprint density at radius 3 is 2.64 bits per heavy atom. The van der Waals surface area contributed by atoms with Gasteiger partial charge in [-0.3, -0.25) is 0 Å². The highest BCUT2D eigenvalue weighted by Gasteiger charge is 2.29. The van der Waals surface area contributed by atoms with Gasteiger partial charge in [-0.25, -0.2) is 9.97 Å². The molecule has 0 bridgehead atoms. The Labute approximate surface area is 183 Å². The predicted molar refractivity (Wildman–Crippen MR) is 117 cm³/mol. The molecule has 9 heteroatoms. The van der Waals surface area contributed by atoms with Crippen LogP contribution >= 0.6 is 36.4 Å². The van der Waals surface area contributed by atoms with Crippen LogP contribution in [0.5, 0.6) is 5.75 Å². The van der Waals surface area contributed by atoms with Crippen molar-refractivity contribution in [3.8, 4) is 5.75 Å². The summed E-state index contributed by atoms with van der Waals surface area (Å²) in [5, 5.41) is 3.92. The van der Waals surface area contributed by atoms with Crippen LogP contribution in [0.2, 0.25) is 5.02 Å². The van der Waals surface area contributed by atoms with Gasteiger partial charge in [0.1, 0.15) is 24.8 Å². The molecule has 1 heterocycles. The van der Waals surface area contributed by atoms with E-state index in [0.29, 0.717) is 36.5 Å². The van der Waals surface area contributed by atoms with Gasteiger partial charge in [0.15, 0.2) is 5.82 Å². The monoisotopic (exact) mass is 448 g/mol. The predicted octanol–water partition coefficient (Wildman–Crippen LogP) is 4.12. The zero-order valence-corrected chi connectivity index (χ0v) is 18.4. The third-order valence-electron chi connectivity index (χ3n) is 4.48. The van der Waals surface area contributed by atoms with Crippen LogP contribution in [0.3, 0.4) is 0 Å². The van der Waals surface area contributed by atoms with Crippen molar-refractivity contribution in [2.75, 3.05) is 25.6 Å². The van der Waals surface area contributed by atoms with Gasteiger partial charge in [0.25, 0.3) is 0 Å². The number of aryl methyl sites for hydroxylation is 1. The average Bonchev–Trinajstić information content (AvgIpc) is 2.58. The Kier molecular flexibility index (Phi) is 10.3. The van der Waals surface area contributed by atoms with Gasteiger partial charge in [-0.2, -0.15) is 0 Å². The molecule has 0 aliphatic heterocycles. The summed E-state index contributed by atoms with van der Waals surface area (Å²) in [6.45, 7) is 3.46. The lowest BCUT2D eigenvalue weighted by Gasteiger charge is -2.32. The lowest BCUT2D eigenvalue weighted by atomic mass is 9.78. The lowest BCUT2D eigenvalue weighted by Crippen LogP contribution is -2.35. The number of para-hydroxylation sites is 1. The molecule has 3 N–H and O–H groups in total. The topological polar surface area (TPSA) is 82.3 Å². The molecule has 2 aromatic rings. The number of hydrogen-bond donors (Lipinski definition) is 2. The number of nitrogens with zero attached hydrogens (tertiary/aromatic N) is 2.